The first-order chi connectivity index (χ1) is 13.2. The highest BCUT2D eigenvalue weighted by Gasteiger charge is 2.29. The van der Waals surface area contributed by atoms with E-state index < -0.39 is 0 Å². The number of hydrogen-bond acceptors (Lipinski definition) is 5. The lowest BCUT2D eigenvalue weighted by molar-refractivity contribution is -0.120. The van der Waals surface area contributed by atoms with Gasteiger partial charge in [-0.25, -0.2) is 0 Å². The Morgan fingerprint density at radius 1 is 1.04 bits per heavy atom. The third-order valence-corrected chi connectivity index (χ3v) is 5.62. The highest BCUT2D eigenvalue weighted by Crippen LogP contribution is 2.29. The lowest BCUT2D eigenvalue weighted by Crippen LogP contribution is -2.43. The van der Waals surface area contributed by atoms with E-state index in [1.807, 2.05) is 35.5 Å². The topological polar surface area (TPSA) is 59.9 Å². The van der Waals surface area contributed by atoms with Crippen molar-refractivity contribution in [3.63, 3.8) is 0 Å². The van der Waals surface area contributed by atoms with Gasteiger partial charge in [0.2, 0.25) is 5.91 Å². The van der Waals surface area contributed by atoms with E-state index in [1.54, 1.807) is 4.90 Å². The van der Waals surface area contributed by atoms with E-state index in [0.29, 0.717) is 12.5 Å². The number of carbonyl (C=O) groups is 1. The molecule has 1 saturated heterocycles. The number of aromatic nitrogens is 1. The number of piperidine rings is 1. The van der Waals surface area contributed by atoms with E-state index in [-0.39, 0.29) is 19.2 Å². The van der Waals surface area contributed by atoms with E-state index in [1.165, 1.54) is 5.69 Å². The molecule has 0 atom stereocenters. The third kappa shape index (κ3) is 3.96. The number of nitrogens with zero attached hydrogens (tertiary/aromatic N) is 4. The summed E-state index contributed by atoms with van der Waals surface area (Å²) in [6.45, 7) is 3.52. The van der Waals surface area contributed by atoms with Crippen LogP contribution in [0.2, 0.25) is 0 Å². The molecule has 1 aromatic carbocycles. The molecule has 1 aromatic heterocycles. The number of amides is 1. The predicted molar refractivity (Wildman–Crippen MR) is 105 cm³/mol. The van der Waals surface area contributed by atoms with Gasteiger partial charge in [-0.05, 0) is 42.5 Å². The summed E-state index contributed by atoms with van der Waals surface area (Å²) in [5.41, 5.74) is 3.32. The average Bonchev–Trinajstić information content (AvgIpc) is 2.86. The maximum atomic E-state index is 12.9. The molecule has 1 fully saturated rings. The van der Waals surface area contributed by atoms with Gasteiger partial charge < -0.3 is 14.9 Å². The number of pyridine rings is 1. The zero-order chi connectivity index (χ0) is 18.6. The molecule has 3 heterocycles. The molecule has 142 valence electrons. The van der Waals surface area contributed by atoms with Crippen molar-refractivity contribution < 1.29 is 9.90 Å². The zero-order valence-corrected chi connectivity index (χ0v) is 15.5. The van der Waals surface area contributed by atoms with Gasteiger partial charge in [-0.15, -0.1) is 0 Å². The van der Waals surface area contributed by atoms with Gasteiger partial charge in [0.1, 0.15) is 0 Å². The predicted octanol–water partition coefficient (Wildman–Crippen LogP) is 2.10. The number of hydrogen-bond donors (Lipinski definition) is 1. The largest absolute Gasteiger partial charge is 0.381 e. The number of fused-ring (bicyclic) bond motifs is 1. The first kappa shape index (κ1) is 17.9. The summed E-state index contributed by atoms with van der Waals surface area (Å²) < 4.78 is 0. The van der Waals surface area contributed by atoms with Crippen LogP contribution in [0.15, 0.2) is 48.8 Å². The fourth-order valence-electron chi connectivity index (χ4n) is 4.10. The Hall–Kier alpha value is -2.44. The van der Waals surface area contributed by atoms with Crippen molar-refractivity contribution in [2.24, 2.45) is 5.92 Å². The monoisotopic (exact) mass is 366 g/mol. The number of para-hydroxylation sites is 1. The Labute approximate surface area is 160 Å². The van der Waals surface area contributed by atoms with Crippen LogP contribution in [0.4, 0.5) is 11.4 Å². The molecule has 27 heavy (non-hydrogen) atoms. The number of carbonyl (C=O) groups excluding carboxylic acids is 1. The van der Waals surface area contributed by atoms with Gasteiger partial charge in [-0.2, -0.15) is 0 Å². The first-order valence-corrected chi connectivity index (χ1v) is 9.61. The molecule has 4 rings (SSSR count). The van der Waals surface area contributed by atoms with Crippen molar-refractivity contribution in [2.45, 2.75) is 19.4 Å². The number of anilines is 2. The smallest absolute Gasteiger partial charge is 0.241 e. The molecule has 2 aliphatic rings. The Morgan fingerprint density at radius 2 is 1.78 bits per heavy atom. The van der Waals surface area contributed by atoms with Crippen molar-refractivity contribution in [1.29, 1.82) is 0 Å². The van der Waals surface area contributed by atoms with Crippen LogP contribution >= 0.6 is 0 Å². The minimum atomic E-state index is -0.0990. The van der Waals surface area contributed by atoms with Crippen LogP contribution in [0, 0.1) is 5.92 Å². The van der Waals surface area contributed by atoms with Crippen molar-refractivity contribution in [1.82, 2.24) is 9.88 Å². The molecule has 0 unspecified atom stereocenters. The zero-order valence-electron chi connectivity index (χ0n) is 15.5. The van der Waals surface area contributed by atoms with E-state index in [2.05, 4.69) is 28.1 Å². The molecular weight excluding hydrogens is 340 g/mol. The third-order valence-electron chi connectivity index (χ3n) is 5.62. The quantitative estimate of drug-likeness (QED) is 0.898. The SMILES string of the molecule is O=C1CN(CO)Cc2ccccc2N1CC1CCN(c2ccncc2)CC1. The summed E-state index contributed by atoms with van der Waals surface area (Å²) in [5.74, 6) is 0.561. The Morgan fingerprint density at radius 3 is 2.52 bits per heavy atom. The van der Waals surface area contributed by atoms with Gasteiger partial charge in [-0.1, -0.05) is 18.2 Å². The van der Waals surface area contributed by atoms with Crippen LogP contribution in [-0.4, -0.2) is 53.8 Å². The van der Waals surface area contributed by atoms with Crippen LogP contribution < -0.4 is 9.80 Å². The molecular formula is C21H26N4O2. The van der Waals surface area contributed by atoms with Crippen LogP contribution in [-0.2, 0) is 11.3 Å². The summed E-state index contributed by atoms with van der Waals surface area (Å²) in [5, 5.41) is 9.55. The minimum Gasteiger partial charge on any atom is -0.381 e. The molecule has 6 heteroatoms. The van der Waals surface area contributed by atoms with Gasteiger partial charge >= 0.3 is 0 Å². The maximum absolute atomic E-state index is 12.9. The molecule has 2 aromatic rings. The summed E-state index contributed by atoms with van der Waals surface area (Å²) >= 11 is 0. The summed E-state index contributed by atoms with van der Waals surface area (Å²) in [7, 11) is 0. The second kappa shape index (κ2) is 8.06. The van der Waals surface area contributed by atoms with Gasteiger partial charge in [0.15, 0.2) is 0 Å². The number of benzene rings is 1. The van der Waals surface area contributed by atoms with E-state index in [4.69, 9.17) is 0 Å². The molecule has 0 spiro atoms. The van der Waals surface area contributed by atoms with E-state index >= 15 is 0 Å². The normalized spacial score (nSPS) is 19.1. The molecule has 0 aliphatic carbocycles. The highest BCUT2D eigenvalue weighted by molar-refractivity contribution is 5.96. The summed E-state index contributed by atoms with van der Waals surface area (Å²) in [6.07, 6.45) is 5.80. The second-order valence-electron chi connectivity index (χ2n) is 7.40. The Balaban J connectivity index is 1.45. The molecule has 2 aliphatic heterocycles. The van der Waals surface area contributed by atoms with Crippen LogP contribution in [0.3, 0.4) is 0 Å². The lowest BCUT2D eigenvalue weighted by Gasteiger charge is -2.36. The molecule has 0 bridgehead atoms. The highest BCUT2D eigenvalue weighted by atomic mass is 16.3. The van der Waals surface area contributed by atoms with Crippen LogP contribution in [0.5, 0.6) is 0 Å². The van der Waals surface area contributed by atoms with E-state index in [9.17, 15) is 9.90 Å². The van der Waals surface area contributed by atoms with Crippen molar-refractivity contribution in [3.8, 4) is 0 Å². The second-order valence-corrected chi connectivity index (χ2v) is 7.40. The molecule has 1 amide bonds. The molecule has 1 N–H and O–H groups in total. The average molecular weight is 366 g/mol. The number of aliphatic hydroxyl groups excluding tert-OH is 1. The number of aliphatic hydroxyl groups is 1. The molecule has 6 nitrogen and oxygen atoms in total. The van der Waals surface area contributed by atoms with Gasteiger partial charge in [-0.3, -0.25) is 14.7 Å². The fraction of sp³-hybridized carbons (Fsp3) is 0.429. The van der Waals surface area contributed by atoms with Gasteiger partial charge in [0.05, 0.1) is 13.3 Å². The fourth-order valence-corrected chi connectivity index (χ4v) is 4.10. The lowest BCUT2D eigenvalue weighted by atomic mass is 9.95. The molecule has 0 radical (unpaired) electrons. The van der Waals surface area contributed by atoms with E-state index in [0.717, 1.165) is 43.7 Å². The Bertz CT molecular complexity index is 775. The van der Waals surface area contributed by atoms with Gasteiger partial charge in [0, 0.05) is 49.9 Å². The van der Waals surface area contributed by atoms with Crippen molar-refractivity contribution >= 4 is 17.3 Å². The summed E-state index contributed by atoms with van der Waals surface area (Å²) in [4.78, 5) is 23.1. The van der Waals surface area contributed by atoms with Crippen molar-refractivity contribution in [2.75, 3.05) is 42.7 Å². The van der Waals surface area contributed by atoms with Crippen molar-refractivity contribution in [3.05, 3.63) is 54.4 Å². The van der Waals surface area contributed by atoms with Crippen LogP contribution in [0.25, 0.3) is 0 Å². The summed E-state index contributed by atoms with van der Waals surface area (Å²) in [6, 6.07) is 12.2. The minimum absolute atomic E-state index is 0.0746. The van der Waals surface area contributed by atoms with Gasteiger partial charge in [0.25, 0.3) is 0 Å². The molecule has 0 saturated carbocycles. The van der Waals surface area contributed by atoms with Crippen LogP contribution in [0.1, 0.15) is 18.4 Å². The number of rotatable bonds is 4. The first-order valence-electron chi connectivity index (χ1n) is 9.61. The maximum Gasteiger partial charge on any atom is 0.241 e. The Kier molecular flexibility index (Phi) is 5.36. The standard InChI is InChI=1S/C21H26N4O2/c26-16-23-14-18-3-1-2-4-20(18)25(21(27)15-23)13-17-7-11-24(12-8-17)19-5-9-22-10-6-19/h1-6,9-10,17,26H,7-8,11-16H2.